The van der Waals surface area contributed by atoms with Gasteiger partial charge >= 0.3 is 6.18 Å². The summed E-state index contributed by atoms with van der Waals surface area (Å²) in [5.41, 5.74) is 0.282. The van der Waals surface area contributed by atoms with Crippen LogP contribution in [0, 0.1) is 5.82 Å². The van der Waals surface area contributed by atoms with Crippen molar-refractivity contribution >= 4 is 37.9 Å². The fourth-order valence-corrected chi connectivity index (χ4v) is 7.00. The largest absolute Gasteiger partial charge is 0.417 e. The molecule has 0 aliphatic carbocycles. The van der Waals surface area contributed by atoms with Crippen molar-refractivity contribution in [2.75, 3.05) is 18.0 Å². The zero-order valence-corrected chi connectivity index (χ0v) is 19.5. The maximum atomic E-state index is 13.6. The Labute approximate surface area is 197 Å². The number of rotatable bonds is 5. The molecule has 0 saturated carbocycles. The Kier molecular flexibility index (Phi) is 6.70. The minimum absolute atomic E-state index is 0.197. The van der Waals surface area contributed by atoms with Crippen LogP contribution in [-0.4, -0.2) is 31.7 Å². The van der Waals surface area contributed by atoms with E-state index in [-0.39, 0.29) is 12.8 Å². The van der Waals surface area contributed by atoms with Gasteiger partial charge in [-0.1, -0.05) is 23.7 Å². The Hall–Kier alpha value is -2.17. The average Bonchev–Trinajstić information content (AvgIpc) is 3.21. The topological polar surface area (TPSA) is 50.3 Å². The van der Waals surface area contributed by atoms with E-state index in [1.807, 2.05) is 10.3 Å². The molecule has 2 aromatic carbocycles. The summed E-state index contributed by atoms with van der Waals surface area (Å²) >= 11 is 7.28. The molecule has 3 aromatic rings. The molecule has 0 unspecified atom stereocenters. The number of hydrogen-bond donors (Lipinski definition) is 0. The number of hydrogen-bond acceptors (Lipinski definition) is 5. The van der Waals surface area contributed by atoms with Gasteiger partial charge in [0, 0.05) is 29.9 Å². The number of anilines is 1. The van der Waals surface area contributed by atoms with Crippen LogP contribution in [0.4, 0.5) is 22.7 Å². The second-order valence-electron chi connectivity index (χ2n) is 7.80. The van der Waals surface area contributed by atoms with Crippen molar-refractivity contribution in [3.8, 4) is 0 Å². The van der Waals surface area contributed by atoms with Crippen LogP contribution < -0.4 is 4.90 Å². The van der Waals surface area contributed by atoms with Crippen molar-refractivity contribution in [1.29, 1.82) is 0 Å². The monoisotopic (exact) mass is 518 g/mol. The molecule has 11 heteroatoms. The first kappa shape index (κ1) is 24.0. The Morgan fingerprint density at radius 2 is 1.82 bits per heavy atom. The number of alkyl halides is 3. The first-order valence-corrected chi connectivity index (χ1v) is 12.9. The number of thiazole rings is 1. The van der Waals surface area contributed by atoms with Crippen LogP contribution in [0.5, 0.6) is 0 Å². The fourth-order valence-electron chi connectivity index (χ4n) is 3.93. The van der Waals surface area contributed by atoms with Crippen LogP contribution in [0.25, 0.3) is 0 Å². The zero-order valence-electron chi connectivity index (χ0n) is 17.1. The lowest BCUT2D eigenvalue weighted by Gasteiger charge is -2.31. The summed E-state index contributed by atoms with van der Waals surface area (Å²) in [4.78, 5) is 5.82. The molecule has 33 heavy (non-hydrogen) atoms. The van der Waals surface area contributed by atoms with Crippen LogP contribution in [0.15, 0.2) is 52.7 Å². The van der Waals surface area contributed by atoms with E-state index in [0.29, 0.717) is 35.2 Å². The number of benzene rings is 2. The van der Waals surface area contributed by atoms with Gasteiger partial charge < -0.3 is 4.90 Å². The maximum absolute atomic E-state index is 13.6. The number of halogens is 5. The van der Waals surface area contributed by atoms with Crippen LogP contribution in [0.1, 0.15) is 29.7 Å². The van der Waals surface area contributed by atoms with Crippen LogP contribution in [0.2, 0.25) is 5.02 Å². The summed E-state index contributed by atoms with van der Waals surface area (Å²) in [6, 6.07) is 8.59. The molecule has 176 valence electrons. The van der Waals surface area contributed by atoms with E-state index >= 15 is 0 Å². The van der Waals surface area contributed by atoms with Gasteiger partial charge in [-0.25, -0.2) is 17.8 Å². The zero-order chi connectivity index (χ0) is 23.8. The Morgan fingerprint density at radius 1 is 1.12 bits per heavy atom. The first-order chi connectivity index (χ1) is 15.5. The highest BCUT2D eigenvalue weighted by Gasteiger charge is 2.40. The Morgan fingerprint density at radius 3 is 2.48 bits per heavy atom. The molecule has 1 aromatic heterocycles. The predicted octanol–water partition coefficient (Wildman–Crippen LogP) is 5.99. The van der Waals surface area contributed by atoms with E-state index in [0.717, 1.165) is 17.8 Å². The predicted molar refractivity (Wildman–Crippen MR) is 120 cm³/mol. The van der Waals surface area contributed by atoms with Gasteiger partial charge in [-0.2, -0.15) is 13.2 Å². The fraction of sp³-hybridized carbons (Fsp3) is 0.318. The summed E-state index contributed by atoms with van der Waals surface area (Å²) in [5.74, 6) is -0.427. The Balaban J connectivity index is 1.45. The van der Waals surface area contributed by atoms with Gasteiger partial charge in [0.05, 0.1) is 21.4 Å². The van der Waals surface area contributed by atoms with E-state index in [2.05, 4.69) is 4.98 Å². The molecule has 0 amide bonds. The van der Waals surface area contributed by atoms with Crippen molar-refractivity contribution in [1.82, 2.24) is 4.98 Å². The molecular formula is C22H19ClF4N2O2S2. The van der Waals surface area contributed by atoms with Crippen molar-refractivity contribution in [2.45, 2.75) is 35.6 Å². The smallest absolute Gasteiger partial charge is 0.348 e. The molecule has 1 saturated heterocycles. The van der Waals surface area contributed by atoms with Gasteiger partial charge in [-0.3, -0.25) is 0 Å². The summed E-state index contributed by atoms with van der Waals surface area (Å²) in [6.45, 7) is 0.716. The van der Waals surface area contributed by atoms with Crippen molar-refractivity contribution in [3.05, 3.63) is 75.5 Å². The average molecular weight is 519 g/mol. The summed E-state index contributed by atoms with van der Waals surface area (Å²) in [7, 11) is -4.14. The summed E-state index contributed by atoms with van der Waals surface area (Å²) in [6.07, 6.45) is -3.95. The molecule has 0 spiro atoms. The van der Waals surface area contributed by atoms with Crippen molar-refractivity contribution < 1.29 is 26.0 Å². The lowest BCUT2D eigenvalue weighted by molar-refractivity contribution is -0.139. The van der Waals surface area contributed by atoms with Gasteiger partial charge in [-0.15, -0.1) is 11.3 Å². The van der Waals surface area contributed by atoms with E-state index < -0.39 is 37.5 Å². The summed E-state index contributed by atoms with van der Waals surface area (Å²) < 4.78 is 79.5. The second kappa shape index (κ2) is 9.23. The molecule has 0 N–H and O–H groups in total. The first-order valence-electron chi connectivity index (χ1n) is 10.1. The Bertz CT molecular complexity index is 1230. The SMILES string of the molecule is O=S(=O)(c1ccccc1C(F)(F)F)C1CCN(c2nc(Cc3cc(F)cc(Cl)c3)cs2)CC1. The highest BCUT2D eigenvalue weighted by Crippen LogP contribution is 2.37. The minimum atomic E-state index is -4.74. The molecule has 1 aliphatic rings. The van der Waals surface area contributed by atoms with E-state index in [1.54, 1.807) is 6.07 Å². The maximum Gasteiger partial charge on any atom is 0.417 e. The number of piperidine rings is 1. The number of sulfone groups is 1. The molecule has 0 radical (unpaired) electrons. The quantitative estimate of drug-likeness (QED) is 0.389. The van der Waals surface area contributed by atoms with Crippen molar-refractivity contribution in [2.24, 2.45) is 0 Å². The lowest BCUT2D eigenvalue weighted by atomic mass is 10.1. The third-order valence-electron chi connectivity index (χ3n) is 5.50. The third kappa shape index (κ3) is 5.33. The molecule has 0 bridgehead atoms. The van der Waals surface area contributed by atoms with Gasteiger partial charge in [0.15, 0.2) is 15.0 Å². The summed E-state index contributed by atoms with van der Waals surface area (Å²) in [5, 5.41) is 1.94. The third-order valence-corrected chi connectivity index (χ3v) is 8.98. The van der Waals surface area contributed by atoms with Crippen LogP contribution in [0.3, 0.4) is 0 Å². The minimum Gasteiger partial charge on any atom is -0.348 e. The molecule has 4 nitrogen and oxygen atoms in total. The molecular weight excluding hydrogens is 500 g/mol. The molecule has 2 heterocycles. The van der Waals surface area contributed by atoms with Gasteiger partial charge in [0.2, 0.25) is 0 Å². The highest BCUT2D eigenvalue weighted by molar-refractivity contribution is 7.92. The highest BCUT2D eigenvalue weighted by atomic mass is 35.5. The van der Waals surface area contributed by atoms with E-state index in [1.165, 1.54) is 35.6 Å². The normalized spacial score (nSPS) is 15.7. The number of aromatic nitrogens is 1. The van der Waals surface area contributed by atoms with E-state index in [9.17, 15) is 26.0 Å². The van der Waals surface area contributed by atoms with Crippen molar-refractivity contribution in [3.63, 3.8) is 0 Å². The van der Waals surface area contributed by atoms with Gasteiger partial charge in [0.25, 0.3) is 0 Å². The van der Waals surface area contributed by atoms with Crippen LogP contribution in [-0.2, 0) is 22.4 Å². The molecule has 1 aliphatic heterocycles. The standard InChI is InChI=1S/C22H19ClF4N2O2S2/c23-15-9-14(10-16(24)12-15)11-17-13-32-21(28-17)29-7-5-18(6-8-29)33(30,31)20-4-2-1-3-19(20)22(25,26)27/h1-4,9-10,12-13,18H,5-8,11H2. The molecule has 0 atom stereocenters. The molecule has 4 rings (SSSR count). The number of nitrogens with zero attached hydrogens (tertiary/aromatic N) is 2. The van der Waals surface area contributed by atoms with Crippen LogP contribution >= 0.6 is 22.9 Å². The van der Waals surface area contributed by atoms with Gasteiger partial charge in [-0.05, 0) is 48.7 Å². The second-order valence-corrected chi connectivity index (χ2v) is 11.3. The van der Waals surface area contributed by atoms with Gasteiger partial charge in [0.1, 0.15) is 5.82 Å². The molecule has 1 fully saturated rings. The van der Waals surface area contributed by atoms with E-state index in [4.69, 9.17) is 11.6 Å². The lowest BCUT2D eigenvalue weighted by Crippen LogP contribution is -2.39.